The topological polar surface area (TPSA) is 49.2 Å². The summed E-state index contributed by atoms with van der Waals surface area (Å²) in [6.07, 6.45) is 8.10. The van der Waals surface area contributed by atoms with E-state index in [0.717, 1.165) is 30.2 Å². The Balaban J connectivity index is 2.33. The molecule has 1 aromatic rings. The highest BCUT2D eigenvalue weighted by molar-refractivity contribution is 5.50. The average molecular weight is 277 g/mol. The van der Waals surface area contributed by atoms with Gasteiger partial charge in [-0.3, -0.25) is 0 Å². The largest absolute Gasteiger partial charge is 0.390 e. The molecule has 1 aliphatic heterocycles. The summed E-state index contributed by atoms with van der Waals surface area (Å²) in [5.74, 6) is 1.11. The number of anilines is 1. The van der Waals surface area contributed by atoms with E-state index >= 15 is 0 Å². The van der Waals surface area contributed by atoms with Gasteiger partial charge in [0.25, 0.3) is 0 Å². The van der Waals surface area contributed by atoms with Crippen LogP contribution >= 0.6 is 0 Å². The predicted octanol–water partition coefficient (Wildman–Crippen LogP) is 3.25. The summed E-state index contributed by atoms with van der Waals surface area (Å²) >= 11 is 0. The molecule has 1 fully saturated rings. The molecule has 20 heavy (non-hydrogen) atoms. The summed E-state index contributed by atoms with van der Waals surface area (Å²) in [6, 6.07) is 0.552. The third-order valence-corrected chi connectivity index (χ3v) is 4.19. The van der Waals surface area contributed by atoms with E-state index in [1.54, 1.807) is 0 Å². The molecule has 0 bridgehead atoms. The minimum atomic E-state index is -0.00942. The Kier molecular flexibility index (Phi) is 5.35. The lowest BCUT2D eigenvalue weighted by Crippen LogP contribution is -2.35. The second-order valence-electron chi connectivity index (χ2n) is 5.98. The Morgan fingerprint density at radius 3 is 2.80 bits per heavy atom. The van der Waals surface area contributed by atoms with E-state index in [1.165, 1.54) is 25.7 Å². The summed E-state index contributed by atoms with van der Waals surface area (Å²) in [6.45, 7) is 7.44. The molecular formula is C16H27N3O. The van der Waals surface area contributed by atoms with Gasteiger partial charge in [0.2, 0.25) is 0 Å². The average Bonchev–Trinajstić information content (AvgIpc) is 2.71. The van der Waals surface area contributed by atoms with Gasteiger partial charge in [0.15, 0.2) is 0 Å². The second kappa shape index (κ2) is 7.02. The van der Waals surface area contributed by atoms with Crippen LogP contribution in [0.4, 0.5) is 5.69 Å². The molecule has 0 radical (unpaired) electrons. The van der Waals surface area contributed by atoms with Gasteiger partial charge >= 0.3 is 0 Å². The van der Waals surface area contributed by atoms with Gasteiger partial charge in [-0.1, -0.05) is 33.6 Å². The van der Waals surface area contributed by atoms with Crippen LogP contribution in [0.2, 0.25) is 0 Å². The molecule has 2 rings (SSSR count). The van der Waals surface area contributed by atoms with Crippen molar-refractivity contribution in [3.05, 3.63) is 17.7 Å². The van der Waals surface area contributed by atoms with Crippen molar-refractivity contribution < 1.29 is 5.11 Å². The second-order valence-corrected chi connectivity index (χ2v) is 5.98. The normalized spacial score (nSPS) is 20.2. The number of hydrogen-bond donors (Lipinski definition) is 1. The van der Waals surface area contributed by atoms with E-state index in [2.05, 4.69) is 35.6 Å². The predicted molar refractivity (Wildman–Crippen MR) is 81.9 cm³/mol. The molecule has 2 heterocycles. The van der Waals surface area contributed by atoms with E-state index in [9.17, 15) is 5.11 Å². The molecule has 1 saturated heterocycles. The Bertz CT molecular complexity index is 434. The van der Waals surface area contributed by atoms with Crippen molar-refractivity contribution in [1.82, 2.24) is 9.97 Å². The van der Waals surface area contributed by atoms with Crippen molar-refractivity contribution in [2.45, 2.75) is 71.4 Å². The first-order valence-electron chi connectivity index (χ1n) is 7.90. The fourth-order valence-corrected chi connectivity index (χ4v) is 2.98. The molecule has 0 aliphatic carbocycles. The third-order valence-electron chi connectivity index (χ3n) is 4.19. The van der Waals surface area contributed by atoms with Crippen LogP contribution in [0.3, 0.4) is 0 Å². The molecule has 0 saturated carbocycles. The zero-order chi connectivity index (χ0) is 14.5. The number of aliphatic hydroxyl groups is 1. The summed E-state index contributed by atoms with van der Waals surface area (Å²) in [4.78, 5) is 11.5. The number of nitrogens with zero attached hydrogens (tertiary/aromatic N) is 3. The van der Waals surface area contributed by atoms with E-state index in [4.69, 9.17) is 0 Å². The fraction of sp³-hybridized carbons (Fsp3) is 0.750. The van der Waals surface area contributed by atoms with E-state index < -0.39 is 0 Å². The maximum atomic E-state index is 9.67. The van der Waals surface area contributed by atoms with Crippen LogP contribution in [-0.4, -0.2) is 27.7 Å². The number of aliphatic hydroxyl groups excluding tert-OH is 1. The van der Waals surface area contributed by atoms with Gasteiger partial charge in [-0.2, -0.15) is 0 Å². The van der Waals surface area contributed by atoms with Gasteiger partial charge in [-0.25, -0.2) is 9.97 Å². The van der Waals surface area contributed by atoms with Gasteiger partial charge in [0, 0.05) is 18.5 Å². The molecule has 0 spiro atoms. The summed E-state index contributed by atoms with van der Waals surface area (Å²) in [5.41, 5.74) is 1.81. The third kappa shape index (κ3) is 3.29. The van der Waals surface area contributed by atoms with Crippen LogP contribution in [0.1, 0.15) is 70.3 Å². The van der Waals surface area contributed by atoms with Crippen LogP contribution in [0.25, 0.3) is 0 Å². The molecule has 4 nitrogen and oxygen atoms in total. The zero-order valence-electron chi connectivity index (χ0n) is 13.0. The van der Waals surface area contributed by atoms with Crippen molar-refractivity contribution in [3.8, 4) is 0 Å². The Morgan fingerprint density at radius 2 is 2.15 bits per heavy atom. The summed E-state index contributed by atoms with van der Waals surface area (Å²) in [7, 11) is 0. The summed E-state index contributed by atoms with van der Waals surface area (Å²) in [5, 5.41) is 9.67. The minimum Gasteiger partial charge on any atom is -0.390 e. The lowest BCUT2D eigenvalue weighted by molar-refractivity contribution is 0.276. The molecule has 1 N–H and O–H groups in total. The van der Waals surface area contributed by atoms with Gasteiger partial charge in [0.05, 0.1) is 24.2 Å². The van der Waals surface area contributed by atoms with Crippen molar-refractivity contribution >= 4 is 5.69 Å². The molecule has 4 heteroatoms. The maximum Gasteiger partial charge on any atom is 0.131 e. The van der Waals surface area contributed by atoms with Gasteiger partial charge in [-0.05, 0) is 19.3 Å². The Labute approximate surface area is 122 Å². The number of rotatable bonds is 4. The van der Waals surface area contributed by atoms with Crippen molar-refractivity contribution in [2.24, 2.45) is 0 Å². The lowest BCUT2D eigenvalue weighted by atomic mass is 10.1. The number of hydrogen-bond acceptors (Lipinski definition) is 4. The Hall–Kier alpha value is -1.16. The minimum absolute atomic E-state index is 0.00942. The van der Waals surface area contributed by atoms with Crippen LogP contribution in [0.15, 0.2) is 6.20 Å². The first-order valence-corrected chi connectivity index (χ1v) is 7.90. The smallest absolute Gasteiger partial charge is 0.131 e. The monoisotopic (exact) mass is 277 g/mol. The van der Waals surface area contributed by atoms with Crippen LogP contribution in [0, 0.1) is 0 Å². The van der Waals surface area contributed by atoms with Crippen LogP contribution < -0.4 is 4.90 Å². The highest BCUT2D eigenvalue weighted by atomic mass is 16.3. The fourth-order valence-electron chi connectivity index (χ4n) is 2.98. The molecule has 112 valence electrons. The lowest BCUT2D eigenvalue weighted by Gasteiger charge is -2.32. The molecule has 1 aromatic heterocycles. The quantitative estimate of drug-likeness (QED) is 0.918. The molecule has 0 aromatic carbocycles. The van der Waals surface area contributed by atoms with Crippen LogP contribution in [-0.2, 0) is 6.61 Å². The number of aromatic nitrogens is 2. The van der Waals surface area contributed by atoms with Crippen molar-refractivity contribution in [2.75, 3.05) is 11.4 Å². The highest BCUT2D eigenvalue weighted by Crippen LogP contribution is 2.28. The van der Waals surface area contributed by atoms with Crippen LogP contribution in [0.5, 0.6) is 0 Å². The van der Waals surface area contributed by atoms with E-state index in [0.29, 0.717) is 12.0 Å². The van der Waals surface area contributed by atoms with Gasteiger partial charge in [0.1, 0.15) is 5.82 Å². The standard InChI is InChI=1S/C16H27N3O/c1-4-13-8-6-5-7-9-19(13)15-10-17-16(12(2)3)18-14(15)11-20/h10,12-13,20H,4-9,11H2,1-3H3. The first-order chi connectivity index (χ1) is 9.67. The molecule has 1 unspecified atom stereocenters. The zero-order valence-corrected chi connectivity index (χ0v) is 13.0. The van der Waals surface area contributed by atoms with E-state index in [1.807, 2.05) is 6.20 Å². The van der Waals surface area contributed by atoms with Gasteiger partial charge in [-0.15, -0.1) is 0 Å². The SMILES string of the molecule is CCC1CCCCCN1c1cnc(C(C)C)nc1CO. The Morgan fingerprint density at radius 1 is 1.35 bits per heavy atom. The molecular weight excluding hydrogens is 250 g/mol. The van der Waals surface area contributed by atoms with Crippen molar-refractivity contribution in [1.29, 1.82) is 0 Å². The van der Waals surface area contributed by atoms with Gasteiger partial charge < -0.3 is 10.0 Å². The summed E-state index contributed by atoms with van der Waals surface area (Å²) < 4.78 is 0. The highest BCUT2D eigenvalue weighted by Gasteiger charge is 2.23. The molecule has 0 amide bonds. The molecule has 1 aliphatic rings. The molecule has 1 atom stereocenters. The maximum absolute atomic E-state index is 9.67. The first kappa shape index (κ1) is 15.2. The van der Waals surface area contributed by atoms with Crippen molar-refractivity contribution in [3.63, 3.8) is 0 Å². The van der Waals surface area contributed by atoms with E-state index in [-0.39, 0.29) is 6.61 Å².